The largest absolute Gasteiger partial charge is 0.352 e. The number of rotatable bonds is 4. The van der Waals surface area contributed by atoms with Gasteiger partial charge in [0.1, 0.15) is 0 Å². The fraction of sp³-hybridized carbons (Fsp3) is 0.500. The van der Waals surface area contributed by atoms with Crippen LogP contribution < -0.4 is 21.1 Å². The Hall–Kier alpha value is -2.83. The van der Waals surface area contributed by atoms with Gasteiger partial charge in [-0.3, -0.25) is 4.79 Å². The lowest BCUT2D eigenvalue weighted by Crippen LogP contribution is -2.49. The first-order valence-corrected chi connectivity index (χ1v) is 10.6. The Bertz CT molecular complexity index is 917. The second-order valence-electron chi connectivity index (χ2n) is 7.86. The molecule has 1 aromatic heterocycles. The molecule has 2 N–H and O–H groups in total. The van der Waals surface area contributed by atoms with Gasteiger partial charge in [0.2, 0.25) is 0 Å². The van der Waals surface area contributed by atoms with Gasteiger partial charge < -0.3 is 20.1 Å². The predicted molar refractivity (Wildman–Crippen MR) is 113 cm³/mol. The lowest BCUT2D eigenvalue weighted by atomic mass is 9.88. The molecule has 1 unspecified atom stereocenters. The summed E-state index contributed by atoms with van der Waals surface area (Å²) >= 11 is 0. The zero-order valence-corrected chi connectivity index (χ0v) is 16.9. The average Bonchev–Trinajstić information content (AvgIpc) is 2.75. The third-order valence-corrected chi connectivity index (χ3v) is 6.04. The first-order chi connectivity index (χ1) is 14.2. The Morgan fingerprint density at radius 3 is 2.76 bits per heavy atom. The number of piperidine rings is 1. The number of anilines is 1. The Labute approximate surface area is 171 Å². The van der Waals surface area contributed by atoms with Crippen LogP contribution in [0.15, 0.2) is 41.5 Å². The van der Waals surface area contributed by atoms with Crippen molar-refractivity contribution in [2.45, 2.75) is 57.7 Å². The number of fused-ring (bicyclic) bond motifs is 1. The molecule has 2 heterocycles. The van der Waals surface area contributed by atoms with Crippen molar-refractivity contribution in [1.29, 1.82) is 0 Å². The van der Waals surface area contributed by atoms with Gasteiger partial charge in [-0.05, 0) is 50.2 Å². The van der Waals surface area contributed by atoms with Gasteiger partial charge in [0, 0.05) is 38.1 Å². The number of carbonyl (C=O) groups excluding carboxylic acids is 1. The smallest absolute Gasteiger partial charge is 0.315 e. The topological polar surface area (TPSA) is 79.3 Å². The fourth-order valence-corrected chi connectivity index (χ4v) is 4.43. The van der Waals surface area contributed by atoms with Crippen LogP contribution in [0.25, 0.3) is 0 Å². The Morgan fingerprint density at radius 2 is 1.97 bits per heavy atom. The molecule has 2 aromatic rings. The van der Waals surface area contributed by atoms with Gasteiger partial charge in [-0.25, -0.2) is 9.78 Å². The van der Waals surface area contributed by atoms with E-state index in [0.29, 0.717) is 25.5 Å². The van der Waals surface area contributed by atoms with Crippen molar-refractivity contribution in [1.82, 2.24) is 20.2 Å². The Kier molecular flexibility index (Phi) is 5.83. The third kappa shape index (κ3) is 4.28. The molecule has 1 saturated heterocycles. The number of carbonyl (C=O) groups is 1. The predicted octanol–water partition coefficient (Wildman–Crippen LogP) is 2.61. The van der Waals surface area contributed by atoms with E-state index >= 15 is 0 Å². The number of nitrogens with zero attached hydrogens (tertiary/aromatic N) is 3. The van der Waals surface area contributed by atoms with E-state index in [1.54, 1.807) is 17.0 Å². The van der Waals surface area contributed by atoms with E-state index in [2.05, 4.69) is 33.8 Å². The molecule has 1 aliphatic heterocycles. The van der Waals surface area contributed by atoms with Gasteiger partial charge in [0.15, 0.2) is 5.82 Å². The normalized spacial score (nSPS) is 19.5. The number of nitrogens with one attached hydrogen (secondary N) is 2. The summed E-state index contributed by atoms with van der Waals surface area (Å²) in [5, 5.41) is 6.29. The zero-order chi connectivity index (χ0) is 20.2. The van der Waals surface area contributed by atoms with Crippen LogP contribution in [0.2, 0.25) is 0 Å². The fourth-order valence-electron chi connectivity index (χ4n) is 4.43. The molecule has 154 valence electrons. The minimum absolute atomic E-state index is 0.0462. The highest BCUT2D eigenvalue weighted by Crippen LogP contribution is 2.29. The number of benzene rings is 1. The molecule has 7 nitrogen and oxygen atoms in total. The van der Waals surface area contributed by atoms with Crippen molar-refractivity contribution in [2.75, 3.05) is 18.0 Å². The zero-order valence-electron chi connectivity index (χ0n) is 16.9. The maximum absolute atomic E-state index is 12.6. The highest BCUT2D eigenvalue weighted by Gasteiger charge is 2.25. The maximum Gasteiger partial charge on any atom is 0.315 e. The number of urea groups is 1. The number of hydrogen-bond acceptors (Lipinski definition) is 4. The van der Waals surface area contributed by atoms with Crippen LogP contribution in [-0.4, -0.2) is 34.7 Å². The summed E-state index contributed by atoms with van der Waals surface area (Å²) in [5.41, 5.74) is 2.53. The summed E-state index contributed by atoms with van der Waals surface area (Å²) in [6.45, 7) is 4.02. The van der Waals surface area contributed by atoms with Crippen LogP contribution in [0.1, 0.15) is 49.8 Å². The molecule has 4 rings (SSSR count). The molecule has 0 saturated carbocycles. The molecule has 29 heavy (non-hydrogen) atoms. The number of aryl methyl sites for hydroxylation is 2. The summed E-state index contributed by atoms with van der Waals surface area (Å²) in [6, 6.07) is 8.47. The van der Waals surface area contributed by atoms with Crippen LogP contribution in [0.5, 0.6) is 0 Å². The molecular weight excluding hydrogens is 366 g/mol. The van der Waals surface area contributed by atoms with E-state index in [4.69, 9.17) is 0 Å². The van der Waals surface area contributed by atoms with Gasteiger partial charge in [-0.1, -0.05) is 24.3 Å². The summed E-state index contributed by atoms with van der Waals surface area (Å²) in [6.07, 6.45) is 8.16. The molecule has 0 bridgehead atoms. The second kappa shape index (κ2) is 8.68. The van der Waals surface area contributed by atoms with Crippen molar-refractivity contribution in [2.24, 2.45) is 0 Å². The van der Waals surface area contributed by atoms with Crippen molar-refractivity contribution >= 4 is 11.8 Å². The van der Waals surface area contributed by atoms with Gasteiger partial charge >= 0.3 is 6.03 Å². The van der Waals surface area contributed by atoms with Gasteiger partial charge in [0.25, 0.3) is 5.56 Å². The van der Waals surface area contributed by atoms with Crippen LogP contribution in [-0.2, 0) is 13.0 Å². The first-order valence-electron chi connectivity index (χ1n) is 10.6. The van der Waals surface area contributed by atoms with Crippen LogP contribution in [0, 0.1) is 0 Å². The summed E-state index contributed by atoms with van der Waals surface area (Å²) in [7, 11) is 0. The second-order valence-corrected chi connectivity index (χ2v) is 7.86. The molecule has 1 aromatic carbocycles. The highest BCUT2D eigenvalue weighted by atomic mass is 16.2. The van der Waals surface area contributed by atoms with Crippen LogP contribution in [0.4, 0.5) is 10.6 Å². The lowest BCUT2D eigenvalue weighted by Gasteiger charge is -2.33. The van der Waals surface area contributed by atoms with Gasteiger partial charge in [0.05, 0.1) is 6.04 Å². The molecule has 1 fully saturated rings. The quantitative estimate of drug-likeness (QED) is 0.834. The SMILES string of the molecule is CCn1ccnc(N2CCC(NC(=O)NC3CCCc4ccccc43)CC2)c1=O. The summed E-state index contributed by atoms with van der Waals surface area (Å²) in [5.74, 6) is 0.510. The van der Waals surface area contributed by atoms with Crippen LogP contribution in [0.3, 0.4) is 0 Å². The van der Waals surface area contributed by atoms with Crippen molar-refractivity contribution in [3.8, 4) is 0 Å². The van der Waals surface area contributed by atoms with E-state index in [1.807, 2.05) is 17.9 Å². The van der Waals surface area contributed by atoms with Crippen molar-refractivity contribution in [3.05, 3.63) is 58.1 Å². The number of aromatic nitrogens is 2. The van der Waals surface area contributed by atoms with E-state index in [1.165, 1.54) is 11.1 Å². The minimum Gasteiger partial charge on any atom is -0.352 e. The monoisotopic (exact) mass is 395 g/mol. The average molecular weight is 396 g/mol. The lowest BCUT2D eigenvalue weighted by molar-refractivity contribution is 0.229. The molecule has 7 heteroatoms. The molecular formula is C22H29N5O2. The Morgan fingerprint density at radius 1 is 1.17 bits per heavy atom. The minimum atomic E-state index is -0.101. The molecule has 1 atom stereocenters. The van der Waals surface area contributed by atoms with E-state index in [0.717, 1.165) is 32.1 Å². The van der Waals surface area contributed by atoms with E-state index in [-0.39, 0.29) is 23.7 Å². The van der Waals surface area contributed by atoms with E-state index < -0.39 is 0 Å². The van der Waals surface area contributed by atoms with E-state index in [9.17, 15) is 9.59 Å². The molecule has 0 radical (unpaired) electrons. The van der Waals surface area contributed by atoms with Crippen molar-refractivity contribution < 1.29 is 4.79 Å². The number of hydrogen-bond donors (Lipinski definition) is 2. The molecule has 2 aliphatic rings. The summed E-state index contributed by atoms with van der Waals surface area (Å²) < 4.78 is 1.67. The highest BCUT2D eigenvalue weighted by molar-refractivity contribution is 5.75. The van der Waals surface area contributed by atoms with Crippen molar-refractivity contribution in [3.63, 3.8) is 0 Å². The molecule has 1 aliphatic carbocycles. The third-order valence-electron chi connectivity index (χ3n) is 6.04. The summed E-state index contributed by atoms with van der Waals surface area (Å²) in [4.78, 5) is 31.4. The number of amides is 2. The van der Waals surface area contributed by atoms with Gasteiger partial charge in [-0.15, -0.1) is 0 Å². The maximum atomic E-state index is 12.6. The Balaban J connectivity index is 1.31. The first kappa shape index (κ1) is 19.5. The molecule has 0 spiro atoms. The van der Waals surface area contributed by atoms with Gasteiger partial charge in [-0.2, -0.15) is 0 Å². The standard InChI is InChI=1S/C22H29N5O2/c1-2-26-15-12-23-20(21(26)28)27-13-10-17(11-14-27)24-22(29)25-19-9-5-7-16-6-3-4-8-18(16)19/h3-4,6,8,12,15,17,19H,2,5,7,9-11,13-14H2,1H3,(H2,24,25,29). The molecule has 2 amide bonds. The van der Waals surface area contributed by atoms with Crippen LogP contribution >= 0.6 is 0 Å².